The zero-order chi connectivity index (χ0) is 11.3. The van der Waals surface area contributed by atoms with Gasteiger partial charge in [-0.3, -0.25) is 4.57 Å². The predicted molar refractivity (Wildman–Crippen MR) is 58.4 cm³/mol. The van der Waals surface area contributed by atoms with E-state index in [2.05, 4.69) is 10.2 Å². The maximum absolute atomic E-state index is 11.3. The van der Waals surface area contributed by atoms with E-state index in [4.69, 9.17) is 11.5 Å². The summed E-state index contributed by atoms with van der Waals surface area (Å²) in [6, 6.07) is -0.185. The minimum absolute atomic E-state index is 0.185. The Hall–Kier alpha value is -1.14. The Morgan fingerprint density at radius 3 is 2.87 bits per heavy atom. The maximum atomic E-state index is 11.3. The third-order valence-electron chi connectivity index (χ3n) is 2.40. The minimum Gasteiger partial charge on any atom is -0.330 e. The lowest BCUT2D eigenvalue weighted by molar-refractivity contribution is 0.532. The summed E-state index contributed by atoms with van der Waals surface area (Å²) in [7, 11) is 0. The average Bonchev–Trinajstić information content (AvgIpc) is 2.59. The van der Waals surface area contributed by atoms with Gasteiger partial charge in [-0.25, -0.2) is 9.89 Å². The number of hydrogen-bond donors (Lipinski definition) is 3. The van der Waals surface area contributed by atoms with Crippen molar-refractivity contribution in [1.29, 1.82) is 0 Å². The maximum Gasteiger partial charge on any atom is 0.343 e. The van der Waals surface area contributed by atoms with Crippen LogP contribution in [0, 0.1) is 0 Å². The van der Waals surface area contributed by atoms with Gasteiger partial charge >= 0.3 is 5.69 Å². The number of rotatable bonds is 6. The van der Waals surface area contributed by atoms with Crippen molar-refractivity contribution in [2.75, 3.05) is 6.54 Å². The number of aromatic nitrogens is 3. The summed E-state index contributed by atoms with van der Waals surface area (Å²) in [5, 5.41) is 6.35. The van der Waals surface area contributed by atoms with Gasteiger partial charge in [-0.2, -0.15) is 5.10 Å². The zero-order valence-corrected chi connectivity index (χ0v) is 9.07. The summed E-state index contributed by atoms with van der Waals surface area (Å²) in [5.41, 5.74) is 11.1. The molecule has 6 heteroatoms. The molecular formula is C9H19N5O. The van der Waals surface area contributed by atoms with Gasteiger partial charge < -0.3 is 11.5 Å². The molecule has 1 aromatic heterocycles. The van der Waals surface area contributed by atoms with Crippen molar-refractivity contribution in [3.05, 3.63) is 16.3 Å². The topological polar surface area (TPSA) is 103 Å². The fraction of sp³-hybridized carbons (Fsp3) is 0.778. The number of H-pyrrole nitrogens is 1. The van der Waals surface area contributed by atoms with Crippen LogP contribution in [0.1, 0.15) is 38.1 Å². The molecule has 0 aliphatic carbocycles. The van der Waals surface area contributed by atoms with Gasteiger partial charge in [-0.1, -0.05) is 6.42 Å². The summed E-state index contributed by atoms with van der Waals surface area (Å²) in [6.07, 6.45) is 2.72. The zero-order valence-electron chi connectivity index (χ0n) is 9.07. The van der Waals surface area contributed by atoms with E-state index in [0.29, 0.717) is 18.9 Å². The first kappa shape index (κ1) is 11.9. The fourth-order valence-electron chi connectivity index (χ4n) is 1.56. The predicted octanol–water partition coefficient (Wildman–Crippen LogP) is -0.280. The number of nitrogens with zero attached hydrogens (tertiary/aromatic N) is 2. The van der Waals surface area contributed by atoms with Crippen molar-refractivity contribution >= 4 is 0 Å². The van der Waals surface area contributed by atoms with Crippen molar-refractivity contribution < 1.29 is 0 Å². The summed E-state index contributed by atoms with van der Waals surface area (Å²) in [4.78, 5) is 11.3. The Morgan fingerprint density at radius 2 is 2.27 bits per heavy atom. The molecule has 15 heavy (non-hydrogen) atoms. The molecule has 0 saturated carbocycles. The first-order valence-electron chi connectivity index (χ1n) is 5.31. The van der Waals surface area contributed by atoms with Crippen LogP contribution in [0.2, 0.25) is 0 Å². The molecule has 1 aromatic rings. The van der Waals surface area contributed by atoms with Gasteiger partial charge in [0.1, 0.15) is 5.82 Å². The third-order valence-corrected chi connectivity index (χ3v) is 2.40. The van der Waals surface area contributed by atoms with E-state index in [-0.39, 0.29) is 11.7 Å². The number of nitrogens with two attached hydrogens (primary N) is 2. The van der Waals surface area contributed by atoms with Crippen LogP contribution in [-0.4, -0.2) is 21.3 Å². The lowest BCUT2D eigenvalue weighted by Crippen LogP contribution is -2.22. The van der Waals surface area contributed by atoms with Crippen LogP contribution in [-0.2, 0) is 6.54 Å². The molecule has 0 unspecified atom stereocenters. The van der Waals surface area contributed by atoms with Crippen LogP contribution in [0.4, 0.5) is 0 Å². The monoisotopic (exact) mass is 213 g/mol. The van der Waals surface area contributed by atoms with Crippen LogP contribution < -0.4 is 17.2 Å². The highest BCUT2D eigenvalue weighted by atomic mass is 16.1. The van der Waals surface area contributed by atoms with Crippen molar-refractivity contribution in [3.63, 3.8) is 0 Å². The van der Waals surface area contributed by atoms with E-state index < -0.39 is 0 Å². The van der Waals surface area contributed by atoms with E-state index in [1.165, 1.54) is 0 Å². The molecule has 6 nitrogen and oxygen atoms in total. The van der Waals surface area contributed by atoms with Crippen molar-refractivity contribution in [3.8, 4) is 0 Å². The first-order valence-corrected chi connectivity index (χ1v) is 5.31. The van der Waals surface area contributed by atoms with Gasteiger partial charge in [-0.05, 0) is 26.3 Å². The van der Waals surface area contributed by atoms with Crippen LogP contribution in [0.5, 0.6) is 0 Å². The molecule has 5 N–H and O–H groups in total. The fourth-order valence-corrected chi connectivity index (χ4v) is 1.56. The molecule has 0 saturated heterocycles. The van der Waals surface area contributed by atoms with E-state index in [1.54, 1.807) is 4.57 Å². The lowest BCUT2D eigenvalue weighted by Gasteiger charge is -2.10. The summed E-state index contributed by atoms with van der Waals surface area (Å²) in [5.74, 6) is 0.638. The standard InChI is InChI=1S/C9H19N5O/c1-2-14-8(12-13-9(14)15)7(11)5-3-4-6-10/h7H,2-6,10-11H2,1H3,(H,13,15)/t7-/m0/s1. The molecule has 0 aromatic carbocycles. The number of unbranched alkanes of at least 4 members (excludes halogenated alkanes) is 1. The van der Waals surface area contributed by atoms with Crippen LogP contribution in [0.15, 0.2) is 4.79 Å². The summed E-state index contributed by atoms with van der Waals surface area (Å²) >= 11 is 0. The summed E-state index contributed by atoms with van der Waals surface area (Å²) in [6.45, 7) is 3.16. The first-order chi connectivity index (χ1) is 7.20. The van der Waals surface area contributed by atoms with Crippen molar-refractivity contribution in [1.82, 2.24) is 14.8 Å². The molecule has 0 aliphatic rings. The summed E-state index contributed by atoms with van der Waals surface area (Å²) < 4.78 is 1.56. The second kappa shape index (κ2) is 5.67. The van der Waals surface area contributed by atoms with Crippen molar-refractivity contribution in [2.24, 2.45) is 11.5 Å². The lowest BCUT2D eigenvalue weighted by atomic mass is 10.1. The Bertz CT molecular complexity index is 343. The quantitative estimate of drug-likeness (QED) is 0.565. The van der Waals surface area contributed by atoms with Gasteiger partial charge in [0.25, 0.3) is 0 Å². The largest absolute Gasteiger partial charge is 0.343 e. The molecule has 0 amide bonds. The van der Waals surface area contributed by atoms with Crippen LogP contribution in [0.25, 0.3) is 0 Å². The normalized spacial score (nSPS) is 13.0. The van der Waals surface area contributed by atoms with E-state index in [9.17, 15) is 4.79 Å². The molecule has 1 rings (SSSR count). The van der Waals surface area contributed by atoms with E-state index in [0.717, 1.165) is 19.3 Å². The third kappa shape index (κ3) is 2.90. The Labute approximate surface area is 88.7 Å². The van der Waals surface area contributed by atoms with E-state index >= 15 is 0 Å². The van der Waals surface area contributed by atoms with Gasteiger partial charge in [0, 0.05) is 6.54 Å². The number of nitrogens with one attached hydrogen (secondary N) is 1. The SMILES string of the molecule is CCn1c([C@@H](N)CCCCN)n[nH]c1=O. The van der Waals surface area contributed by atoms with Crippen LogP contribution >= 0.6 is 0 Å². The van der Waals surface area contributed by atoms with Gasteiger partial charge in [0.15, 0.2) is 0 Å². The van der Waals surface area contributed by atoms with E-state index in [1.807, 2.05) is 6.92 Å². The molecular weight excluding hydrogens is 194 g/mol. The Morgan fingerprint density at radius 1 is 1.53 bits per heavy atom. The Balaban J connectivity index is 2.64. The number of hydrogen-bond acceptors (Lipinski definition) is 4. The highest BCUT2D eigenvalue weighted by Crippen LogP contribution is 2.12. The molecule has 1 heterocycles. The second-order valence-electron chi connectivity index (χ2n) is 3.52. The van der Waals surface area contributed by atoms with Crippen LogP contribution in [0.3, 0.4) is 0 Å². The van der Waals surface area contributed by atoms with Gasteiger partial charge in [-0.15, -0.1) is 0 Å². The average molecular weight is 213 g/mol. The molecule has 0 aliphatic heterocycles. The molecule has 1 atom stereocenters. The van der Waals surface area contributed by atoms with Crippen molar-refractivity contribution in [2.45, 2.75) is 38.8 Å². The number of aromatic amines is 1. The molecule has 86 valence electrons. The molecule has 0 bridgehead atoms. The van der Waals surface area contributed by atoms with Gasteiger partial charge in [0.2, 0.25) is 0 Å². The highest BCUT2D eigenvalue weighted by molar-refractivity contribution is 4.93. The molecule has 0 radical (unpaired) electrons. The van der Waals surface area contributed by atoms with Gasteiger partial charge in [0.05, 0.1) is 6.04 Å². The molecule has 0 spiro atoms. The second-order valence-corrected chi connectivity index (χ2v) is 3.52. The minimum atomic E-state index is -0.193. The smallest absolute Gasteiger partial charge is 0.330 e. The highest BCUT2D eigenvalue weighted by Gasteiger charge is 2.14. The molecule has 0 fully saturated rings. The Kier molecular flexibility index (Phi) is 4.51.